The van der Waals surface area contributed by atoms with Gasteiger partial charge in [0.05, 0.1) is 6.42 Å². The second kappa shape index (κ2) is 8.18. The van der Waals surface area contributed by atoms with Gasteiger partial charge < -0.3 is 10.0 Å². The molecule has 1 atom stereocenters. The predicted molar refractivity (Wildman–Crippen MR) is 74.9 cm³/mol. The Bertz CT molecular complexity index is 296. The molecule has 1 aliphatic carbocycles. The zero-order valence-electron chi connectivity index (χ0n) is 12.2. The summed E-state index contributed by atoms with van der Waals surface area (Å²) in [7, 11) is 0. The van der Waals surface area contributed by atoms with Crippen LogP contribution in [0.15, 0.2) is 0 Å². The van der Waals surface area contributed by atoms with Crippen molar-refractivity contribution in [3.05, 3.63) is 0 Å². The van der Waals surface area contributed by atoms with Gasteiger partial charge in [-0.05, 0) is 26.7 Å². The van der Waals surface area contributed by atoms with Crippen LogP contribution in [0.25, 0.3) is 0 Å². The molecule has 0 heterocycles. The number of rotatable bonds is 5. The van der Waals surface area contributed by atoms with Crippen molar-refractivity contribution in [2.45, 2.75) is 71.3 Å². The summed E-state index contributed by atoms with van der Waals surface area (Å²) in [5, 5.41) is 8.86. The minimum absolute atomic E-state index is 0.0340. The van der Waals surface area contributed by atoms with Crippen molar-refractivity contribution in [1.29, 1.82) is 0 Å². The summed E-state index contributed by atoms with van der Waals surface area (Å²) in [5.41, 5.74) is 0. The van der Waals surface area contributed by atoms with Gasteiger partial charge in [0.15, 0.2) is 0 Å². The Kier molecular flexibility index (Phi) is 6.89. The molecule has 0 aliphatic heterocycles. The van der Waals surface area contributed by atoms with Crippen LogP contribution in [0.2, 0.25) is 0 Å². The Labute approximate surface area is 116 Å². The summed E-state index contributed by atoms with van der Waals surface area (Å²) in [6, 6.07) is -0.208. The van der Waals surface area contributed by atoms with Gasteiger partial charge in [0.1, 0.15) is 0 Å². The Morgan fingerprint density at radius 3 is 2.16 bits per heavy atom. The Hall–Kier alpha value is -1.06. The summed E-state index contributed by atoms with van der Waals surface area (Å²) in [6.07, 6.45) is 7.95. The van der Waals surface area contributed by atoms with Gasteiger partial charge >= 0.3 is 5.97 Å². The molecule has 1 amide bonds. The van der Waals surface area contributed by atoms with E-state index in [4.69, 9.17) is 5.11 Å². The summed E-state index contributed by atoms with van der Waals surface area (Å²) in [4.78, 5) is 25.1. The van der Waals surface area contributed by atoms with Gasteiger partial charge in [-0.3, -0.25) is 9.59 Å². The molecule has 19 heavy (non-hydrogen) atoms. The topological polar surface area (TPSA) is 57.6 Å². The van der Waals surface area contributed by atoms with Crippen LogP contribution in [0.4, 0.5) is 0 Å². The van der Waals surface area contributed by atoms with Crippen molar-refractivity contribution >= 4 is 11.9 Å². The fourth-order valence-electron chi connectivity index (χ4n) is 2.99. The van der Waals surface area contributed by atoms with Crippen LogP contribution in [0, 0.1) is 5.92 Å². The first-order chi connectivity index (χ1) is 9.06. The normalized spacial score (nSPS) is 19.3. The number of carbonyl (C=O) groups excluding carboxylic acids is 1. The second-order valence-electron chi connectivity index (χ2n) is 5.61. The summed E-state index contributed by atoms with van der Waals surface area (Å²) < 4.78 is 0. The van der Waals surface area contributed by atoms with E-state index in [9.17, 15) is 9.59 Å². The maximum atomic E-state index is 12.6. The lowest BCUT2D eigenvalue weighted by Crippen LogP contribution is -2.43. The van der Waals surface area contributed by atoms with E-state index in [1.54, 1.807) is 4.90 Å². The molecule has 0 spiro atoms. The third-order valence-corrected chi connectivity index (χ3v) is 4.08. The van der Waals surface area contributed by atoms with Crippen LogP contribution in [-0.4, -0.2) is 34.5 Å². The molecule has 1 rings (SSSR count). The standard InChI is InChI=1S/C15H27NO3/c1-3-16(12(2)11-14(17)18)15(19)13-9-7-5-4-6-8-10-13/h12-13H,3-11H2,1-2H3,(H,17,18). The number of hydrogen-bond acceptors (Lipinski definition) is 2. The van der Waals surface area contributed by atoms with Crippen LogP contribution in [0.3, 0.4) is 0 Å². The summed E-state index contributed by atoms with van der Waals surface area (Å²) in [6.45, 7) is 4.36. The number of carbonyl (C=O) groups is 2. The Morgan fingerprint density at radius 2 is 1.68 bits per heavy atom. The SMILES string of the molecule is CCN(C(=O)C1CCCCCCC1)C(C)CC(=O)O. The van der Waals surface area contributed by atoms with Crippen molar-refractivity contribution in [3.8, 4) is 0 Å². The molecule has 4 nitrogen and oxygen atoms in total. The van der Waals surface area contributed by atoms with Crippen LogP contribution in [0.1, 0.15) is 65.2 Å². The highest BCUT2D eigenvalue weighted by Crippen LogP contribution is 2.25. The number of carboxylic acid groups (broad SMARTS) is 1. The molecule has 1 saturated carbocycles. The van der Waals surface area contributed by atoms with Gasteiger partial charge in [-0.2, -0.15) is 0 Å². The molecule has 0 aromatic carbocycles. The molecule has 0 aromatic rings. The molecule has 1 aliphatic rings. The van der Waals surface area contributed by atoms with E-state index in [2.05, 4.69) is 0 Å². The number of hydrogen-bond donors (Lipinski definition) is 1. The summed E-state index contributed by atoms with van der Waals surface area (Å²) in [5.74, 6) is -0.564. The van der Waals surface area contributed by atoms with Gasteiger partial charge in [0.2, 0.25) is 5.91 Å². The second-order valence-corrected chi connectivity index (χ2v) is 5.61. The minimum Gasteiger partial charge on any atom is -0.481 e. The lowest BCUT2D eigenvalue weighted by molar-refractivity contribution is -0.142. The lowest BCUT2D eigenvalue weighted by atomic mass is 9.89. The first-order valence-electron chi connectivity index (χ1n) is 7.58. The molecule has 1 N–H and O–H groups in total. The molecule has 1 fully saturated rings. The predicted octanol–water partition coefficient (Wildman–Crippen LogP) is 3.06. The minimum atomic E-state index is -0.837. The first kappa shape index (κ1) is 16.0. The number of aliphatic carboxylic acids is 1. The number of carboxylic acids is 1. The third-order valence-electron chi connectivity index (χ3n) is 4.08. The molecule has 0 saturated heterocycles. The highest BCUT2D eigenvalue weighted by atomic mass is 16.4. The Morgan fingerprint density at radius 1 is 1.16 bits per heavy atom. The van der Waals surface area contributed by atoms with Gasteiger partial charge in [0.25, 0.3) is 0 Å². The molecular formula is C15H27NO3. The fourth-order valence-corrected chi connectivity index (χ4v) is 2.99. The van der Waals surface area contributed by atoms with Crippen LogP contribution >= 0.6 is 0 Å². The van der Waals surface area contributed by atoms with E-state index in [0.29, 0.717) is 6.54 Å². The molecule has 0 aromatic heterocycles. The highest BCUT2D eigenvalue weighted by Gasteiger charge is 2.27. The smallest absolute Gasteiger partial charge is 0.305 e. The molecule has 0 radical (unpaired) electrons. The molecule has 1 unspecified atom stereocenters. The van der Waals surface area contributed by atoms with Gasteiger partial charge in [-0.25, -0.2) is 0 Å². The number of nitrogens with zero attached hydrogens (tertiary/aromatic N) is 1. The molecule has 110 valence electrons. The zero-order valence-corrected chi connectivity index (χ0v) is 12.2. The zero-order chi connectivity index (χ0) is 14.3. The van der Waals surface area contributed by atoms with Crippen molar-refractivity contribution < 1.29 is 14.7 Å². The van der Waals surface area contributed by atoms with Gasteiger partial charge in [0, 0.05) is 18.5 Å². The van der Waals surface area contributed by atoms with E-state index in [1.807, 2.05) is 13.8 Å². The van der Waals surface area contributed by atoms with E-state index < -0.39 is 5.97 Å². The van der Waals surface area contributed by atoms with Crippen molar-refractivity contribution in [3.63, 3.8) is 0 Å². The largest absolute Gasteiger partial charge is 0.481 e. The lowest BCUT2D eigenvalue weighted by Gasteiger charge is -2.31. The number of amides is 1. The van der Waals surface area contributed by atoms with E-state index in [0.717, 1.165) is 25.7 Å². The van der Waals surface area contributed by atoms with Crippen LogP contribution in [0.5, 0.6) is 0 Å². The van der Waals surface area contributed by atoms with Crippen molar-refractivity contribution in [2.75, 3.05) is 6.54 Å². The highest BCUT2D eigenvalue weighted by molar-refractivity contribution is 5.80. The van der Waals surface area contributed by atoms with Crippen LogP contribution < -0.4 is 0 Å². The van der Waals surface area contributed by atoms with Crippen molar-refractivity contribution in [1.82, 2.24) is 4.90 Å². The maximum Gasteiger partial charge on any atom is 0.305 e. The average Bonchev–Trinajstić information content (AvgIpc) is 2.27. The quantitative estimate of drug-likeness (QED) is 0.834. The molecule has 4 heteroatoms. The van der Waals surface area contributed by atoms with E-state index in [-0.39, 0.29) is 24.3 Å². The van der Waals surface area contributed by atoms with E-state index >= 15 is 0 Å². The van der Waals surface area contributed by atoms with E-state index in [1.165, 1.54) is 19.3 Å². The fraction of sp³-hybridized carbons (Fsp3) is 0.867. The summed E-state index contributed by atoms with van der Waals surface area (Å²) >= 11 is 0. The Balaban J connectivity index is 2.62. The monoisotopic (exact) mass is 269 g/mol. The van der Waals surface area contributed by atoms with Crippen LogP contribution in [-0.2, 0) is 9.59 Å². The van der Waals surface area contributed by atoms with Crippen molar-refractivity contribution in [2.24, 2.45) is 5.92 Å². The average molecular weight is 269 g/mol. The first-order valence-corrected chi connectivity index (χ1v) is 7.58. The molecule has 0 bridgehead atoms. The third kappa shape index (κ3) is 5.21. The molecular weight excluding hydrogens is 242 g/mol. The maximum absolute atomic E-state index is 12.6. The van der Waals surface area contributed by atoms with Gasteiger partial charge in [-0.15, -0.1) is 0 Å². The van der Waals surface area contributed by atoms with Gasteiger partial charge in [-0.1, -0.05) is 32.1 Å².